The Kier molecular flexibility index (Phi) is 8.65. The Morgan fingerprint density at radius 1 is 0.800 bits per heavy atom. The van der Waals surface area contributed by atoms with E-state index in [1.807, 2.05) is 88.4 Å². The quantitative estimate of drug-likeness (QED) is 0.590. The molecule has 0 unspecified atom stereocenters. The standard InChI is InChI=1S/C16H14N4O.2C2H6/c1-12-15(18-17-13-8-4-2-5-9-13)16(21)20(19-12)14-10-6-3-7-11-14;2*1-2/h2-11,19H,1H3;2*1-2H3. The molecule has 3 rings (SSSR count). The van der Waals surface area contributed by atoms with Gasteiger partial charge in [-0.3, -0.25) is 9.89 Å². The Labute approximate surface area is 149 Å². The molecule has 0 aliphatic rings. The number of hydrogen-bond donors (Lipinski definition) is 1. The van der Waals surface area contributed by atoms with E-state index >= 15 is 0 Å². The molecule has 0 saturated carbocycles. The van der Waals surface area contributed by atoms with Crippen LogP contribution in [0.1, 0.15) is 33.4 Å². The zero-order valence-corrected chi connectivity index (χ0v) is 15.5. The molecule has 0 bridgehead atoms. The molecular weight excluding hydrogens is 312 g/mol. The van der Waals surface area contributed by atoms with Crippen molar-refractivity contribution in [3.63, 3.8) is 0 Å². The lowest BCUT2D eigenvalue weighted by atomic mass is 10.3. The van der Waals surface area contributed by atoms with Gasteiger partial charge in [-0.15, -0.1) is 5.11 Å². The van der Waals surface area contributed by atoms with Crippen molar-refractivity contribution in [1.29, 1.82) is 0 Å². The van der Waals surface area contributed by atoms with E-state index in [9.17, 15) is 4.79 Å². The predicted octanol–water partition coefficient (Wildman–Crippen LogP) is 5.94. The number of aryl methyl sites for hydroxylation is 1. The maximum atomic E-state index is 12.4. The van der Waals surface area contributed by atoms with E-state index in [2.05, 4.69) is 15.3 Å². The predicted molar refractivity (Wildman–Crippen MR) is 104 cm³/mol. The molecule has 0 aliphatic carbocycles. The summed E-state index contributed by atoms with van der Waals surface area (Å²) in [4.78, 5) is 12.4. The third-order valence-electron chi connectivity index (χ3n) is 3.08. The van der Waals surface area contributed by atoms with Crippen LogP contribution in [-0.4, -0.2) is 9.78 Å². The van der Waals surface area contributed by atoms with Crippen molar-refractivity contribution in [1.82, 2.24) is 9.78 Å². The molecule has 0 fully saturated rings. The Bertz CT molecular complexity index is 818. The van der Waals surface area contributed by atoms with Crippen molar-refractivity contribution in [2.45, 2.75) is 34.6 Å². The summed E-state index contributed by atoms with van der Waals surface area (Å²) < 4.78 is 1.47. The first-order valence-corrected chi connectivity index (χ1v) is 8.59. The molecule has 0 amide bonds. The SMILES string of the molecule is CC.CC.Cc1[nH]n(-c2ccccc2)c(=O)c1N=Nc1ccccc1. The molecule has 1 heterocycles. The van der Waals surface area contributed by atoms with Gasteiger partial charge in [-0.1, -0.05) is 64.1 Å². The highest BCUT2D eigenvalue weighted by molar-refractivity contribution is 5.44. The van der Waals surface area contributed by atoms with E-state index in [-0.39, 0.29) is 5.56 Å². The van der Waals surface area contributed by atoms with Gasteiger partial charge in [0.15, 0.2) is 5.69 Å². The smallest absolute Gasteiger partial charge is 0.293 e. The van der Waals surface area contributed by atoms with Crippen LogP contribution < -0.4 is 5.56 Å². The van der Waals surface area contributed by atoms with E-state index < -0.39 is 0 Å². The largest absolute Gasteiger partial charge is 0.299 e. The first-order valence-electron chi connectivity index (χ1n) is 8.59. The van der Waals surface area contributed by atoms with Crippen LogP contribution >= 0.6 is 0 Å². The molecule has 5 heteroatoms. The molecule has 0 radical (unpaired) electrons. The van der Waals surface area contributed by atoms with Crippen molar-refractivity contribution in [3.05, 3.63) is 76.7 Å². The number of rotatable bonds is 3. The summed E-state index contributed by atoms with van der Waals surface area (Å²) in [6.07, 6.45) is 0. The summed E-state index contributed by atoms with van der Waals surface area (Å²) >= 11 is 0. The first kappa shape index (κ1) is 20.1. The summed E-state index contributed by atoms with van der Waals surface area (Å²) in [6.45, 7) is 9.81. The first-order chi connectivity index (χ1) is 12.3. The number of azo groups is 1. The number of benzene rings is 2. The van der Waals surface area contributed by atoms with Gasteiger partial charge in [0.05, 0.1) is 17.1 Å². The third-order valence-corrected chi connectivity index (χ3v) is 3.08. The maximum absolute atomic E-state index is 12.4. The Morgan fingerprint density at radius 2 is 1.32 bits per heavy atom. The van der Waals surface area contributed by atoms with Gasteiger partial charge in [0.2, 0.25) is 0 Å². The monoisotopic (exact) mass is 338 g/mol. The molecule has 2 aromatic carbocycles. The Balaban J connectivity index is 0.000000730. The van der Waals surface area contributed by atoms with E-state index in [4.69, 9.17) is 0 Å². The van der Waals surface area contributed by atoms with Crippen LogP contribution in [0.2, 0.25) is 0 Å². The number of nitrogens with zero attached hydrogens (tertiary/aromatic N) is 3. The molecule has 5 nitrogen and oxygen atoms in total. The summed E-state index contributed by atoms with van der Waals surface area (Å²) in [5.74, 6) is 0. The van der Waals surface area contributed by atoms with Gasteiger partial charge in [-0.25, -0.2) is 4.68 Å². The molecule has 1 N–H and O–H groups in total. The van der Waals surface area contributed by atoms with Crippen LogP contribution in [0.4, 0.5) is 11.4 Å². The summed E-state index contributed by atoms with van der Waals surface area (Å²) in [5, 5.41) is 11.2. The highest BCUT2D eigenvalue weighted by Crippen LogP contribution is 2.18. The van der Waals surface area contributed by atoms with Crippen LogP contribution in [-0.2, 0) is 0 Å². The van der Waals surface area contributed by atoms with E-state index in [0.29, 0.717) is 17.1 Å². The van der Waals surface area contributed by atoms with Crippen molar-refractivity contribution >= 4 is 11.4 Å². The maximum Gasteiger partial charge on any atom is 0.299 e. The number of aromatic nitrogens is 2. The molecule has 1 aromatic heterocycles. The van der Waals surface area contributed by atoms with E-state index in [1.54, 1.807) is 6.92 Å². The normalized spacial score (nSPS) is 9.80. The topological polar surface area (TPSA) is 62.5 Å². The molecular formula is C20H26N4O. The zero-order valence-electron chi connectivity index (χ0n) is 15.5. The minimum Gasteiger partial charge on any atom is -0.293 e. The minimum absolute atomic E-state index is 0.210. The van der Waals surface area contributed by atoms with Gasteiger partial charge in [0, 0.05) is 0 Å². The van der Waals surface area contributed by atoms with Crippen LogP contribution in [0.25, 0.3) is 5.69 Å². The number of para-hydroxylation sites is 1. The van der Waals surface area contributed by atoms with Crippen molar-refractivity contribution in [2.24, 2.45) is 10.2 Å². The van der Waals surface area contributed by atoms with Gasteiger partial charge in [0.1, 0.15) is 0 Å². The minimum atomic E-state index is -0.210. The fourth-order valence-electron chi connectivity index (χ4n) is 2.02. The summed E-state index contributed by atoms with van der Waals surface area (Å²) in [7, 11) is 0. The zero-order chi connectivity index (χ0) is 18.7. The molecule has 132 valence electrons. The second-order valence-corrected chi connectivity index (χ2v) is 4.60. The molecule has 3 aromatic rings. The lowest BCUT2D eigenvalue weighted by Gasteiger charge is -1.99. The Morgan fingerprint density at radius 3 is 1.88 bits per heavy atom. The summed E-state index contributed by atoms with van der Waals surface area (Å²) in [6, 6.07) is 18.7. The number of nitrogens with one attached hydrogen (secondary N) is 1. The second kappa shape index (κ2) is 10.8. The van der Waals surface area contributed by atoms with Crippen molar-refractivity contribution in [3.8, 4) is 5.69 Å². The highest BCUT2D eigenvalue weighted by atomic mass is 16.1. The number of H-pyrrole nitrogens is 1. The van der Waals surface area contributed by atoms with Crippen LogP contribution in [0.15, 0.2) is 75.7 Å². The number of aromatic amines is 1. The fraction of sp³-hybridized carbons (Fsp3) is 0.250. The van der Waals surface area contributed by atoms with Gasteiger partial charge in [-0.05, 0) is 31.2 Å². The summed E-state index contributed by atoms with van der Waals surface area (Å²) in [5.41, 5.74) is 2.28. The molecule has 25 heavy (non-hydrogen) atoms. The van der Waals surface area contributed by atoms with E-state index in [1.165, 1.54) is 4.68 Å². The highest BCUT2D eigenvalue weighted by Gasteiger charge is 2.11. The van der Waals surface area contributed by atoms with Gasteiger partial charge < -0.3 is 0 Å². The second-order valence-electron chi connectivity index (χ2n) is 4.60. The van der Waals surface area contributed by atoms with Gasteiger partial charge in [-0.2, -0.15) is 5.11 Å². The van der Waals surface area contributed by atoms with Gasteiger partial charge >= 0.3 is 0 Å². The van der Waals surface area contributed by atoms with Crippen LogP contribution in [0, 0.1) is 6.92 Å². The van der Waals surface area contributed by atoms with Crippen molar-refractivity contribution < 1.29 is 0 Å². The number of hydrogen-bond acceptors (Lipinski definition) is 3. The average molecular weight is 338 g/mol. The molecule has 0 aliphatic heterocycles. The lowest BCUT2D eigenvalue weighted by Crippen LogP contribution is -2.13. The lowest BCUT2D eigenvalue weighted by molar-refractivity contribution is 0.835. The third kappa shape index (κ3) is 5.28. The molecule has 0 saturated heterocycles. The van der Waals surface area contributed by atoms with E-state index in [0.717, 1.165) is 5.69 Å². The Hall–Kier alpha value is -2.95. The van der Waals surface area contributed by atoms with Crippen LogP contribution in [0.5, 0.6) is 0 Å². The molecule has 0 spiro atoms. The van der Waals surface area contributed by atoms with Crippen molar-refractivity contribution in [2.75, 3.05) is 0 Å². The van der Waals surface area contributed by atoms with Gasteiger partial charge in [0.25, 0.3) is 5.56 Å². The average Bonchev–Trinajstić information content (AvgIpc) is 2.98. The fourth-order valence-corrected chi connectivity index (χ4v) is 2.02. The molecule has 0 atom stereocenters. The van der Waals surface area contributed by atoms with Crippen LogP contribution in [0.3, 0.4) is 0 Å².